The highest BCUT2D eigenvalue weighted by molar-refractivity contribution is 5.21. The molecule has 24 heavy (non-hydrogen) atoms. The number of hydrogen-bond acceptors (Lipinski definition) is 4. The molecule has 1 aromatic carbocycles. The van der Waals surface area contributed by atoms with Crippen LogP contribution in [-0.4, -0.2) is 63.5 Å². The van der Waals surface area contributed by atoms with Crippen LogP contribution in [0.2, 0.25) is 0 Å². The van der Waals surface area contributed by atoms with E-state index in [-0.39, 0.29) is 6.10 Å². The van der Waals surface area contributed by atoms with Crippen molar-refractivity contribution in [3.63, 3.8) is 0 Å². The van der Waals surface area contributed by atoms with Crippen molar-refractivity contribution >= 4 is 0 Å². The molecule has 1 N–H and O–H groups in total. The van der Waals surface area contributed by atoms with Crippen LogP contribution in [0.25, 0.3) is 0 Å². The van der Waals surface area contributed by atoms with Crippen molar-refractivity contribution in [1.82, 2.24) is 19.6 Å². The molecule has 0 aliphatic carbocycles. The first kappa shape index (κ1) is 17.1. The quantitative estimate of drug-likeness (QED) is 0.878. The normalized spacial score (nSPS) is 18.4. The zero-order valence-corrected chi connectivity index (χ0v) is 14.5. The Kier molecular flexibility index (Phi) is 6.01. The number of β-amino-alcohol motifs (C(OH)–C–C–N with tert-alkyl or cyclic N) is 1. The number of aliphatic hydroxyl groups excluding tert-OH is 1. The lowest BCUT2D eigenvalue weighted by Gasteiger charge is -2.24. The van der Waals surface area contributed by atoms with Gasteiger partial charge in [0.25, 0.3) is 0 Å². The van der Waals surface area contributed by atoms with Gasteiger partial charge >= 0.3 is 0 Å². The fourth-order valence-electron chi connectivity index (χ4n) is 3.30. The predicted molar refractivity (Wildman–Crippen MR) is 95.7 cm³/mol. The number of aryl methyl sites for hydroxylation is 1. The van der Waals surface area contributed by atoms with Crippen LogP contribution in [0, 0.1) is 6.92 Å². The number of aliphatic hydroxyl groups is 1. The molecule has 5 nitrogen and oxygen atoms in total. The second kappa shape index (κ2) is 8.42. The average Bonchev–Trinajstić information content (AvgIpc) is 2.97. The highest BCUT2D eigenvalue weighted by atomic mass is 16.3. The summed E-state index contributed by atoms with van der Waals surface area (Å²) < 4.78 is 1.80. The summed E-state index contributed by atoms with van der Waals surface area (Å²) in [4.78, 5) is 4.90. The maximum atomic E-state index is 10.3. The van der Waals surface area contributed by atoms with Crippen molar-refractivity contribution in [2.24, 2.45) is 0 Å². The number of hydrogen-bond donors (Lipinski definition) is 1. The Morgan fingerprint density at radius 2 is 1.79 bits per heavy atom. The van der Waals surface area contributed by atoms with Crippen LogP contribution < -0.4 is 0 Å². The van der Waals surface area contributed by atoms with Gasteiger partial charge in [0, 0.05) is 38.6 Å². The molecule has 5 heteroatoms. The minimum atomic E-state index is -0.367. The second-order valence-electron chi connectivity index (χ2n) is 6.80. The summed E-state index contributed by atoms with van der Waals surface area (Å²) in [6.45, 7) is 8.69. The van der Waals surface area contributed by atoms with E-state index in [0.29, 0.717) is 6.54 Å². The third kappa shape index (κ3) is 5.16. The number of benzene rings is 1. The molecule has 0 radical (unpaired) electrons. The van der Waals surface area contributed by atoms with E-state index in [1.54, 1.807) is 10.9 Å². The maximum Gasteiger partial charge on any atom is 0.0862 e. The van der Waals surface area contributed by atoms with Gasteiger partial charge in [-0.1, -0.05) is 29.8 Å². The molecule has 2 aromatic rings. The molecular weight excluding hydrogens is 300 g/mol. The van der Waals surface area contributed by atoms with Gasteiger partial charge < -0.3 is 5.11 Å². The van der Waals surface area contributed by atoms with Crippen LogP contribution in [0.15, 0.2) is 42.7 Å². The Bertz CT molecular complexity index is 596. The molecule has 2 heterocycles. The molecule has 0 saturated carbocycles. The summed E-state index contributed by atoms with van der Waals surface area (Å²) in [5, 5.41) is 14.4. The van der Waals surface area contributed by atoms with Crippen LogP contribution in [0.3, 0.4) is 0 Å². The van der Waals surface area contributed by atoms with Gasteiger partial charge in [-0.15, -0.1) is 0 Å². The van der Waals surface area contributed by atoms with Crippen molar-refractivity contribution in [1.29, 1.82) is 0 Å². The van der Waals surface area contributed by atoms with E-state index in [2.05, 4.69) is 46.1 Å². The Hall–Kier alpha value is -1.69. The zero-order valence-electron chi connectivity index (χ0n) is 14.5. The summed E-state index contributed by atoms with van der Waals surface area (Å²) in [5.41, 5.74) is 2.69. The van der Waals surface area contributed by atoms with Crippen molar-refractivity contribution in [3.8, 4) is 0 Å². The summed E-state index contributed by atoms with van der Waals surface area (Å²) in [6, 6.07) is 10.7. The maximum absolute atomic E-state index is 10.3. The molecule has 0 amide bonds. The molecule has 1 saturated heterocycles. The highest BCUT2D eigenvalue weighted by Gasteiger charge is 2.17. The highest BCUT2D eigenvalue weighted by Crippen LogP contribution is 2.10. The molecule has 1 fully saturated rings. The fourth-order valence-corrected chi connectivity index (χ4v) is 3.30. The van der Waals surface area contributed by atoms with Gasteiger partial charge in [-0.3, -0.25) is 14.5 Å². The van der Waals surface area contributed by atoms with Gasteiger partial charge in [0.15, 0.2) is 0 Å². The van der Waals surface area contributed by atoms with E-state index in [9.17, 15) is 5.11 Å². The first-order valence-corrected chi connectivity index (χ1v) is 8.85. The molecule has 1 atom stereocenters. The minimum Gasteiger partial charge on any atom is -0.390 e. The predicted octanol–water partition coefficient (Wildman–Crippen LogP) is 1.76. The van der Waals surface area contributed by atoms with Crippen molar-refractivity contribution in [3.05, 3.63) is 53.9 Å². The largest absolute Gasteiger partial charge is 0.390 e. The Morgan fingerprint density at radius 3 is 2.54 bits per heavy atom. The molecule has 0 bridgehead atoms. The molecule has 1 aromatic heterocycles. The fraction of sp³-hybridized carbons (Fsp3) is 0.526. The first-order chi connectivity index (χ1) is 11.7. The van der Waals surface area contributed by atoms with Crippen LogP contribution in [-0.2, 0) is 13.1 Å². The van der Waals surface area contributed by atoms with Gasteiger partial charge in [-0.2, -0.15) is 5.10 Å². The zero-order chi connectivity index (χ0) is 16.8. The third-order valence-electron chi connectivity index (χ3n) is 4.63. The number of rotatable bonds is 6. The van der Waals surface area contributed by atoms with Crippen LogP contribution in [0.4, 0.5) is 0 Å². The Morgan fingerprint density at radius 1 is 1.04 bits per heavy atom. The van der Waals surface area contributed by atoms with Crippen LogP contribution in [0.5, 0.6) is 0 Å². The minimum absolute atomic E-state index is 0.367. The van der Waals surface area contributed by atoms with Crippen molar-refractivity contribution in [2.75, 3.05) is 32.7 Å². The van der Waals surface area contributed by atoms with Crippen LogP contribution >= 0.6 is 0 Å². The summed E-state index contributed by atoms with van der Waals surface area (Å²) in [6.07, 6.45) is 4.44. The van der Waals surface area contributed by atoms with E-state index >= 15 is 0 Å². The first-order valence-electron chi connectivity index (χ1n) is 8.85. The average molecular weight is 328 g/mol. The van der Waals surface area contributed by atoms with Crippen LogP contribution in [0.1, 0.15) is 17.5 Å². The second-order valence-corrected chi connectivity index (χ2v) is 6.80. The molecule has 1 unspecified atom stereocenters. The lowest BCUT2D eigenvalue weighted by Crippen LogP contribution is -2.37. The summed E-state index contributed by atoms with van der Waals surface area (Å²) in [7, 11) is 0. The van der Waals surface area contributed by atoms with E-state index in [1.807, 2.05) is 12.3 Å². The van der Waals surface area contributed by atoms with Crippen molar-refractivity contribution in [2.45, 2.75) is 32.5 Å². The molecular formula is C19H28N4O. The van der Waals surface area contributed by atoms with Gasteiger partial charge in [0.1, 0.15) is 0 Å². The Labute approximate surface area is 144 Å². The number of nitrogens with zero attached hydrogens (tertiary/aromatic N) is 4. The molecule has 1 aliphatic heterocycles. The third-order valence-corrected chi connectivity index (χ3v) is 4.63. The van der Waals surface area contributed by atoms with E-state index < -0.39 is 0 Å². The van der Waals surface area contributed by atoms with Crippen molar-refractivity contribution < 1.29 is 5.11 Å². The van der Waals surface area contributed by atoms with Gasteiger partial charge in [0.2, 0.25) is 0 Å². The summed E-state index contributed by atoms with van der Waals surface area (Å²) >= 11 is 0. The molecule has 0 spiro atoms. The van der Waals surface area contributed by atoms with E-state index in [1.165, 1.54) is 11.1 Å². The lowest BCUT2D eigenvalue weighted by molar-refractivity contribution is 0.0962. The SMILES string of the molecule is Cc1ccc(CN2CCCN(CC(O)Cn3cccn3)CC2)cc1. The molecule has 1 aliphatic rings. The molecule has 3 rings (SSSR count). The van der Waals surface area contributed by atoms with E-state index in [4.69, 9.17) is 0 Å². The molecule has 130 valence electrons. The number of aromatic nitrogens is 2. The summed E-state index contributed by atoms with van der Waals surface area (Å²) in [5.74, 6) is 0. The van der Waals surface area contributed by atoms with Gasteiger partial charge in [-0.25, -0.2) is 0 Å². The van der Waals surface area contributed by atoms with Gasteiger partial charge in [0.05, 0.1) is 12.6 Å². The standard InChI is InChI=1S/C19H28N4O/c1-17-4-6-18(7-5-17)14-21-9-3-10-22(13-12-21)15-19(24)16-23-11-2-8-20-23/h2,4-8,11,19,24H,3,9-10,12-16H2,1H3. The van der Waals surface area contributed by atoms with Gasteiger partial charge in [-0.05, 0) is 38.1 Å². The smallest absolute Gasteiger partial charge is 0.0862 e. The Balaban J connectivity index is 1.45. The lowest BCUT2D eigenvalue weighted by atomic mass is 10.1. The van der Waals surface area contributed by atoms with E-state index in [0.717, 1.165) is 45.7 Å². The monoisotopic (exact) mass is 328 g/mol. The topological polar surface area (TPSA) is 44.5 Å².